The van der Waals surface area contributed by atoms with Crippen LogP contribution in [0.3, 0.4) is 0 Å². The predicted molar refractivity (Wildman–Crippen MR) is 144 cm³/mol. The third-order valence-corrected chi connectivity index (χ3v) is 5.96. The average molecular weight is 524 g/mol. The van der Waals surface area contributed by atoms with E-state index in [-0.39, 0.29) is 24.9 Å². The Hall–Kier alpha value is -3.59. The number of ether oxygens (including phenoxy) is 3. The summed E-state index contributed by atoms with van der Waals surface area (Å²) < 4.78 is 17.7. The van der Waals surface area contributed by atoms with E-state index < -0.39 is 0 Å². The monoisotopic (exact) mass is 523 g/mol. The number of rotatable bonds is 4. The molecular formula is C28H30ClN3O5. The van der Waals surface area contributed by atoms with E-state index in [9.17, 15) is 9.59 Å². The molecule has 194 valence electrons. The van der Waals surface area contributed by atoms with Crippen molar-refractivity contribution in [1.29, 1.82) is 0 Å². The Balaban J connectivity index is 1.51. The summed E-state index contributed by atoms with van der Waals surface area (Å²) >= 11 is 6.21. The number of carbonyl (C=O) groups excluding carboxylic acids is 2. The Morgan fingerprint density at radius 2 is 1.78 bits per heavy atom. The van der Waals surface area contributed by atoms with Crippen LogP contribution in [0.15, 0.2) is 66.7 Å². The van der Waals surface area contributed by atoms with Gasteiger partial charge in [-0.25, -0.2) is 0 Å². The van der Waals surface area contributed by atoms with Crippen LogP contribution in [0, 0.1) is 0 Å². The van der Waals surface area contributed by atoms with Crippen LogP contribution in [0.1, 0.15) is 12.5 Å². The van der Waals surface area contributed by atoms with Gasteiger partial charge in [-0.15, -0.1) is 0 Å². The van der Waals surface area contributed by atoms with Crippen molar-refractivity contribution in [2.45, 2.75) is 13.3 Å². The standard InChI is InChI=1S/C28H30ClN3O5/c1-2-20-7-3-4-8-22(20)30-27(33)18-32-13-14-35-15-16-36-25-9-5-6-10-26(25)37-24-12-11-21(29)17-23(24)31-28(34)19-32/h3-12,17H,2,13-16,18-19H2,1H3,(H,30,33)(H,31,34). The summed E-state index contributed by atoms with van der Waals surface area (Å²) in [6.07, 6.45) is 0.798. The summed E-state index contributed by atoms with van der Waals surface area (Å²) in [6, 6.07) is 19.9. The first-order valence-corrected chi connectivity index (χ1v) is 12.6. The molecular weight excluding hydrogens is 494 g/mol. The van der Waals surface area contributed by atoms with Gasteiger partial charge in [0.05, 0.1) is 32.0 Å². The molecule has 1 aliphatic heterocycles. The highest BCUT2D eigenvalue weighted by molar-refractivity contribution is 6.31. The number of amides is 2. The minimum Gasteiger partial charge on any atom is -0.487 e. The highest BCUT2D eigenvalue weighted by atomic mass is 35.5. The number of hydrogen-bond donors (Lipinski definition) is 2. The van der Waals surface area contributed by atoms with Crippen LogP contribution < -0.4 is 20.1 Å². The van der Waals surface area contributed by atoms with Crippen LogP contribution in [0.5, 0.6) is 17.2 Å². The molecule has 0 aliphatic carbocycles. The lowest BCUT2D eigenvalue weighted by molar-refractivity contribution is -0.120. The lowest BCUT2D eigenvalue weighted by Gasteiger charge is -2.22. The SMILES string of the molecule is CCc1ccccc1NC(=O)CN1CCOCCOc2ccccc2Oc2ccc(Cl)cc2NC(=O)C1. The molecule has 1 aliphatic rings. The molecule has 0 saturated carbocycles. The van der Waals surface area contributed by atoms with Gasteiger partial charge in [0, 0.05) is 17.3 Å². The molecule has 37 heavy (non-hydrogen) atoms. The molecule has 0 spiro atoms. The van der Waals surface area contributed by atoms with E-state index in [1.165, 1.54) is 0 Å². The molecule has 1 heterocycles. The first-order chi connectivity index (χ1) is 18.0. The summed E-state index contributed by atoms with van der Waals surface area (Å²) in [6.45, 7) is 3.41. The van der Waals surface area contributed by atoms with Crippen molar-refractivity contribution in [1.82, 2.24) is 4.90 Å². The van der Waals surface area contributed by atoms with Gasteiger partial charge in [0.2, 0.25) is 11.8 Å². The molecule has 3 aromatic rings. The van der Waals surface area contributed by atoms with Gasteiger partial charge < -0.3 is 24.8 Å². The molecule has 3 aromatic carbocycles. The number of benzene rings is 3. The van der Waals surface area contributed by atoms with Gasteiger partial charge >= 0.3 is 0 Å². The van der Waals surface area contributed by atoms with Gasteiger partial charge in [0.1, 0.15) is 6.61 Å². The number of para-hydroxylation sites is 3. The minimum atomic E-state index is -0.312. The summed E-state index contributed by atoms with van der Waals surface area (Å²) in [5.41, 5.74) is 2.23. The molecule has 0 fully saturated rings. The molecule has 0 aromatic heterocycles. The Morgan fingerprint density at radius 1 is 1.00 bits per heavy atom. The fraction of sp³-hybridized carbons (Fsp3) is 0.286. The van der Waals surface area contributed by atoms with Crippen molar-refractivity contribution >= 4 is 34.8 Å². The number of aryl methyl sites for hydroxylation is 1. The van der Waals surface area contributed by atoms with Gasteiger partial charge in [-0.05, 0) is 48.4 Å². The maximum Gasteiger partial charge on any atom is 0.238 e. The van der Waals surface area contributed by atoms with Crippen LogP contribution in [-0.4, -0.2) is 56.2 Å². The quantitative estimate of drug-likeness (QED) is 0.501. The Kier molecular flexibility index (Phi) is 9.37. The maximum atomic E-state index is 13.0. The highest BCUT2D eigenvalue weighted by Gasteiger charge is 2.18. The van der Waals surface area contributed by atoms with Crippen LogP contribution >= 0.6 is 11.6 Å². The fourth-order valence-electron chi connectivity index (χ4n) is 3.92. The number of nitrogens with one attached hydrogen (secondary N) is 2. The molecule has 0 atom stereocenters. The molecule has 9 heteroatoms. The maximum absolute atomic E-state index is 13.0. The number of carbonyl (C=O) groups is 2. The number of halogens is 1. The molecule has 0 bridgehead atoms. The smallest absolute Gasteiger partial charge is 0.238 e. The molecule has 0 radical (unpaired) electrons. The van der Waals surface area contributed by atoms with Gasteiger partial charge in [0.15, 0.2) is 17.2 Å². The zero-order chi connectivity index (χ0) is 26.0. The van der Waals surface area contributed by atoms with Crippen molar-refractivity contribution < 1.29 is 23.8 Å². The minimum absolute atomic E-state index is 0.0226. The highest BCUT2D eigenvalue weighted by Crippen LogP contribution is 2.36. The van der Waals surface area contributed by atoms with E-state index in [1.807, 2.05) is 43.3 Å². The summed E-state index contributed by atoms with van der Waals surface area (Å²) in [5, 5.41) is 6.28. The van der Waals surface area contributed by atoms with Crippen molar-refractivity contribution in [3.63, 3.8) is 0 Å². The Bertz CT molecular complexity index is 1240. The average Bonchev–Trinajstić information content (AvgIpc) is 2.88. The lowest BCUT2D eigenvalue weighted by atomic mass is 10.1. The molecule has 2 N–H and O–H groups in total. The van der Waals surface area contributed by atoms with Crippen LogP contribution in [-0.2, 0) is 20.7 Å². The van der Waals surface area contributed by atoms with Gasteiger partial charge in [-0.1, -0.05) is 48.9 Å². The van der Waals surface area contributed by atoms with Crippen molar-refractivity contribution in [2.75, 3.05) is 50.1 Å². The van der Waals surface area contributed by atoms with Gasteiger partial charge in [-0.2, -0.15) is 0 Å². The summed E-state index contributed by atoms with van der Waals surface area (Å²) in [4.78, 5) is 27.6. The fourth-order valence-corrected chi connectivity index (χ4v) is 4.09. The second-order valence-electron chi connectivity index (χ2n) is 8.47. The third kappa shape index (κ3) is 7.69. The van der Waals surface area contributed by atoms with Crippen molar-refractivity contribution in [2.24, 2.45) is 0 Å². The van der Waals surface area contributed by atoms with Crippen LogP contribution in [0.2, 0.25) is 5.02 Å². The number of fused-ring (bicyclic) bond motifs is 2. The zero-order valence-corrected chi connectivity index (χ0v) is 21.4. The molecule has 4 rings (SSSR count). The van der Waals surface area contributed by atoms with Crippen molar-refractivity contribution in [3.8, 4) is 17.2 Å². The molecule has 8 nitrogen and oxygen atoms in total. The summed E-state index contributed by atoms with van der Waals surface area (Å²) in [7, 11) is 0. The van der Waals surface area contributed by atoms with E-state index >= 15 is 0 Å². The van der Waals surface area contributed by atoms with E-state index in [4.69, 9.17) is 25.8 Å². The number of hydrogen-bond acceptors (Lipinski definition) is 6. The second-order valence-corrected chi connectivity index (χ2v) is 8.90. The Morgan fingerprint density at radius 3 is 2.62 bits per heavy atom. The Labute approximate surface area is 221 Å². The predicted octanol–water partition coefficient (Wildman–Crippen LogP) is 4.98. The molecule has 0 saturated heterocycles. The normalized spacial score (nSPS) is 15.0. The van der Waals surface area contributed by atoms with Gasteiger partial charge in [0.25, 0.3) is 0 Å². The van der Waals surface area contributed by atoms with Crippen LogP contribution in [0.25, 0.3) is 0 Å². The number of nitrogens with zero attached hydrogens (tertiary/aromatic N) is 1. The van der Waals surface area contributed by atoms with Crippen molar-refractivity contribution in [3.05, 3.63) is 77.3 Å². The molecule has 0 unspecified atom stereocenters. The zero-order valence-electron chi connectivity index (χ0n) is 20.7. The topological polar surface area (TPSA) is 89.1 Å². The summed E-state index contributed by atoms with van der Waals surface area (Å²) in [5.74, 6) is 0.950. The largest absolute Gasteiger partial charge is 0.487 e. The van der Waals surface area contributed by atoms with E-state index in [2.05, 4.69) is 10.6 Å². The van der Waals surface area contributed by atoms with E-state index in [0.717, 1.165) is 17.7 Å². The van der Waals surface area contributed by atoms with Crippen LogP contribution in [0.4, 0.5) is 11.4 Å². The third-order valence-electron chi connectivity index (χ3n) is 5.73. The van der Waals surface area contributed by atoms with E-state index in [0.29, 0.717) is 54.3 Å². The van der Waals surface area contributed by atoms with Gasteiger partial charge in [-0.3, -0.25) is 14.5 Å². The number of anilines is 2. The first kappa shape index (κ1) is 26.5. The lowest BCUT2D eigenvalue weighted by Crippen LogP contribution is -2.40. The second kappa shape index (κ2) is 13.1. The van der Waals surface area contributed by atoms with E-state index in [1.54, 1.807) is 35.2 Å². The first-order valence-electron chi connectivity index (χ1n) is 12.2. The molecule has 2 amide bonds.